The maximum atomic E-state index is 11.6. The molecule has 1 N–H and O–H groups in total. The summed E-state index contributed by atoms with van der Waals surface area (Å²) in [5, 5.41) is 2.40. The highest BCUT2D eigenvalue weighted by atomic mass is 19.4. The molecule has 0 aliphatic heterocycles. The van der Waals surface area contributed by atoms with Crippen molar-refractivity contribution in [2.75, 3.05) is 6.54 Å². The Balaban J connectivity index is 3.54. The van der Waals surface area contributed by atoms with Crippen LogP contribution >= 0.6 is 0 Å². The lowest BCUT2D eigenvalue weighted by Gasteiger charge is -2.18. The van der Waals surface area contributed by atoms with Gasteiger partial charge in [0.2, 0.25) is 0 Å². The Morgan fingerprint density at radius 1 is 1.18 bits per heavy atom. The van der Waals surface area contributed by atoms with E-state index in [9.17, 15) is 13.2 Å². The Hall–Kier alpha value is -0.250. The quantitative estimate of drug-likeness (QED) is 0.682. The van der Waals surface area contributed by atoms with Crippen LogP contribution in [0.5, 0.6) is 0 Å². The normalized spacial score (nSPS) is 15.5. The molecule has 1 unspecified atom stereocenters. The van der Waals surface area contributed by atoms with E-state index in [0.29, 0.717) is 0 Å². The van der Waals surface area contributed by atoms with Gasteiger partial charge in [0.25, 0.3) is 0 Å². The van der Waals surface area contributed by atoms with Crippen molar-refractivity contribution in [2.24, 2.45) is 5.92 Å². The lowest BCUT2D eigenvalue weighted by atomic mass is 10.1. The van der Waals surface area contributed by atoms with E-state index in [1.807, 2.05) is 13.8 Å². The van der Waals surface area contributed by atoms with E-state index in [-0.39, 0.29) is 12.0 Å². The SMILES string of the molecule is CC(C)C(C)NCC(F)(F)F. The lowest BCUT2D eigenvalue weighted by Crippen LogP contribution is -2.38. The van der Waals surface area contributed by atoms with Crippen molar-refractivity contribution in [3.8, 4) is 0 Å². The van der Waals surface area contributed by atoms with Gasteiger partial charge in [-0.1, -0.05) is 13.8 Å². The zero-order valence-electron chi connectivity index (χ0n) is 7.00. The van der Waals surface area contributed by atoms with E-state index in [0.717, 1.165) is 0 Å². The Labute approximate surface area is 65.0 Å². The number of rotatable bonds is 3. The highest BCUT2D eigenvalue weighted by Gasteiger charge is 2.27. The van der Waals surface area contributed by atoms with Crippen molar-refractivity contribution >= 4 is 0 Å². The van der Waals surface area contributed by atoms with E-state index in [1.54, 1.807) is 6.92 Å². The van der Waals surface area contributed by atoms with Crippen molar-refractivity contribution in [3.63, 3.8) is 0 Å². The van der Waals surface area contributed by atoms with Gasteiger partial charge in [0.05, 0.1) is 6.54 Å². The minimum Gasteiger partial charge on any atom is -0.306 e. The first-order chi connectivity index (χ1) is 4.83. The smallest absolute Gasteiger partial charge is 0.306 e. The van der Waals surface area contributed by atoms with Gasteiger partial charge in [-0.3, -0.25) is 0 Å². The molecule has 0 saturated heterocycles. The second kappa shape index (κ2) is 3.95. The maximum absolute atomic E-state index is 11.6. The molecule has 0 rings (SSSR count). The van der Waals surface area contributed by atoms with Gasteiger partial charge in [0.15, 0.2) is 0 Å². The van der Waals surface area contributed by atoms with Crippen LogP contribution in [0.4, 0.5) is 13.2 Å². The van der Waals surface area contributed by atoms with Crippen molar-refractivity contribution in [3.05, 3.63) is 0 Å². The molecule has 0 aromatic carbocycles. The zero-order valence-corrected chi connectivity index (χ0v) is 7.00. The fraction of sp³-hybridized carbons (Fsp3) is 1.00. The first-order valence-electron chi connectivity index (χ1n) is 3.63. The maximum Gasteiger partial charge on any atom is 0.401 e. The van der Waals surface area contributed by atoms with Crippen LogP contribution in [0.1, 0.15) is 20.8 Å². The predicted molar refractivity (Wildman–Crippen MR) is 38.4 cm³/mol. The molecule has 0 radical (unpaired) electrons. The third kappa shape index (κ3) is 6.16. The summed E-state index contributed by atoms with van der Waals surface area (Å²) < 4.78 is 34.9. The number of hydrogen-bond donors (Lipinski definition) is 1. The van der Waals surface area contributed by atoms with Gasteiger partial charge < -0.3 is 5.32 Å². The fourth-order valence-electron chi connectivity index (χ4n) is 0.512. The largest absolute Gasteiger partial charge is 0.401 e. The second-order valence-electron chi connectivity index (χ2n) is 3.03. The number of alkyl halides is 3. The Morgan fingerprint density at radius 2 is 1.64 bits per heavy atom. The lowest BCUT2D eigenvalue weighted by molar-refractivity contribution is -0.126. The first kappa shape index (κ1) is 10.8. The van der Waals surface area contributed by atoms with E-state index >= 15 is 0 Å². The summed E-state index contributed by atoms with van der Waals surface area (Å²) in [4.78, 5) is 0. The molecular formula is C7H14F3N. The zero-order chi connectivity index (χ0) is 9.07. The molecule has 0 spiro atoms. The van der Waals surface area contributed by atoms with Crippen LogP contribution in [0.25, 0.3) is 0 Å². The van der Waals surface area contributed by atoms with Crippen LogP contribution < -0.4 is 5.32 Å². The Morgan fingerprint density at radius 3 is 1.91 bits per heavy atom. The van der Waals surface area contributed by atoms with Crippen molar-refractivity contribution in [1.29, 1.82) is 0 Å². The summed E-state index contributed by atoms with van der Waals surface area (Å²) in [6.07, 6.45) is -4.09. The van der Waals surface area contributed by atoms with Gasteiger partial charge in [0, 0.05) is 6.04 Å². The van der Waals surface area contributed by atoms with Crippen LogP contribution in [0.3, 0.4) is 0 Å². The average Bonchev–Trinajstić information content (AvgIpc) is 1.80. The van der Waals surface area contributed by atoms with E-state index in [4.69, 9.17) is 0 Å². The summed E-state index contributed by atoms with van der Waals surface area (Å²) >= 11 is 0. The van der Waals surface area contributed by atoms with Crippen molar-refractivity contribution in [1.82, 2.24) is 5.32 Å². The topological polar surface area (TPSA) is 12.0 Å². The first-order valence-corrected chi connectivity index (χ1v) is 3.63. The summed E-state index contributed by atoms with van der Waals surface area (Å²) in [5.41, 5.74) is 0. The monoisotopic (exact) mass is 169 g/mol. The van der Waals surface area contributed by atoms with Crippen molar-refractivity contribution in [2.45, 2.75) is 33.0 Å². The van der Waals surface area contributed by atoms with Crippen LogP contribution in [0, 0.1) is 5.92 Å². The third-order valence-corrected chi connectivity index (χ3v) is 1.62. The standard InChI is InChI=1S/C7H14F3N/c1-5(2)6(3)11-4-7(8,9)10/h5-6,11H,4H2,1-3H3. The molecule has 0 aliphatic carbocycles. The van der Waals surface area contributed by atoms with Gasteiger partial charge in [-0.25, -0.2) is 0 Å². The molecule has 4 heteroatoms. The number of nitrogens with one attached hydrogen (secondary N) is 1. The second-order valence-corrected chi connectivity index (χ2v) is 3.03. The molecule has 68 valence electrons. The van der Waals surface area contributed by atoms with E-state index in [1.165, 1.54) is 0 Å². The predicted octanol–water partition coefficient (Wildman–Crippen LogP) is 2.18. The molecule has 0 aromatic rings. The molecule has 1 nitrogen and oxygen atoms in total. The van der Waals surface area contributed by atoms with E-state index in [2.05, 4.69) is 5.32 Å². The molecule has 1 atom stereocenters. The van der Waals surface area contributed by atoms with Gasteiger partial charge in [-0.2, -0.15) is 13.2 Å². The fourth-order valence-corrected chi connectivity index (χ4v) is 0.512. The molecule has 0 fully saturated rings. The van der Waals surface area contributed by atoms with Gasteiger partial charge in [-0.05, 0) is 12.8 Å². The minimum atomic E-state index is -4.09. The minimum absolute atomic E-state index is 0.0865. The molecule has 11 heavy (non-hydrogen) atoms. The Bertz CT molecular complexity index is 109. The molecule has 0 aromatic heterocycles. The summed E-state index contributed by atoms with van der Waals surface area (Å²) in [7, 11) is 0. The molecular weight excluding hydrogens is 155 g/mol. The van der Waals surface area contributed by atoms with Gasteiger partial charge in [-0.15, -0.1) is 0 Å². The van der Waals surface area contributed by atoms with Crippen LogP contribution in [-0.4, -0.2) is 18.8 Å². The number of halogens is 3. The van der Waals surface area contributed by atoms with E-state index < -0.39 is 12.7 Å². The summed E-state index contributed by atoms with van der Waals surface area (Å²) in [6.45, 7) is 4.62. The summed E-state index contributed by atoms with van der Waals surface area (Å²) in [5.74, 6) is 0.234. The van der Waals surface area contributed by atoms with Crippen LogP contribution in [0.15, 0.2) is 0 Å². The van der Waals surface area contributed by atoms with Crippen LogP contribution in [-0.2, 0) is 0 Å². The number of hydrogen-bond acceptors (Lipinski definition) is 1. The molecule has 0 bridgehead atoms. The third-order valence-electron chi connectivity index (χ3n) is 1.62. The highest BCUT2D eigenvalue weighted by Crippen LogP contribution is 2.13. The molecule has 0 amide bonds. The molecule has 0 heterocycles. The van der Waals surface area contributed by atoms with Gasteiger partial charge in [0.1, 0.15) is 0 Å². The molecule has 0 aliphatic rings. The van der Waals surface area contributed by atoms with Crippen LogP contribution in [0.2, 0.25) is 0 Å². The average molecular weight is 169 g/mol. The molecule has 0 saturated carbocycles. The summed E-state index contributed by atoms with van der Waals surface area (Å²) in [6, 6.07) is -0.0865. The Kier molecular flexibility index (Phi) is 3.86. The van der Waals surface area contributed by atoms with Crippen molar-refractivity contribution < 1.29 is 13.2 Å². The highest BCUT2D eigenvalue weighted by molar-refractivity contribution is 4.66. The van der Waals surface area contributed by atoms with Gasteiger partial charge >= 0.3 is 6.18 Å².